The average Bonchev–Trinajstić information content (AvgIpc) is 2.28. The summed E-state index contributed by atoms with van der Waals surface area (Å²) in [6, 6.07) is 7.06. The lowest BCUT2D eigenvalue weighted by Crippen LogP contribution is -2.11. The highest BCUT2D eigenvalue weighted by Crippen LogP contribution is 2.16. The summed E-state index contributed by atoms with van der Waals surface area (Å²) in [5.41, 5.74) is 0.517. The number of methoxy groups -OCH3 is 1. The van der Waals surface area contributed by atoms with Gasteiger partial charge < -0.3 is 9.47 Å². The van der Waals surface area contributed by atoms with Crippen LogP contribution < -0.4 is 4.74 Å². The number of hydrogen-bond acceptors (Lipinski definition) is 3. The minimum atomic E-state index is -0.339. The van der Waals surface area contributed by atoms with Crippen LogP contribution in [0.15, 0.2) is 24.3 Å². The fraction of sp³-hybridized carbons (Fsp3) is 0.462. The van der Waals surface area contributed by atoms with E-state index in [9.17, 15) is 4.79 Å². The molecule has 88 valence electrons. The number of carbonyl (C=O) groups is 1. The Balaban J connectivity index is 2.70. The van der Waals surface area contributed by atoms with Crippen molar-refractivity contribution in [3.05, 3.63) is 29.8 Å². The maximum Gasteiger partial charge on any atom is 0.337 e. The van der Waals surface area contributed by atoms with Crippen LogP contribution in [-0.4, -0.2) is 19.2 Å². The molecule has 0 aromatic heterocycles. The van der Waals surface area contributed by atoms with Gasteiger partial charge in [-0.1, -0.05) is 19.4 Å². The highest BCUT2D eigenvalue weighted by atomic mass is 16.5. The van der Waals surface area contributed by atoms with Crippen LogP contribution in [0.2, 0.25) is 0 Å². The van der Waals surface area contributed by atoms with E-state index in [-0.39, 0.29) is 12.1 Å². The first kappa shape index (κ1) is 12.6. The first-order valence-electron chi connectivity index (χ1n) is 5.52. The molecule has 0 radical (unpaired) electrons. The molecule has 0 N–H and O–H groups in total. The molecule has 0 spiro atoms. The van der Waals surface area contributed by atoms with Crippen LogP contribution >= 0.6 is 0 Å². The largest absolute Gasteiger partial charge is 0.491 e. The van der Waals surface area contributed by atoms with Crippen LogP contribution in [-0.2, 0) is 4.74 Å². The van der Waals surface area contributed by atoms with E-state index in [0.29, 0.717) is 11.3 Å². The Hall–Kier alpha value is -1.51. The molecule has 1 atom stereocenters. The van der Waals surface area contributed by atoms with Crippen LogP contribution in [0.1, 0.15) is 37.0 Å². The predicted molar refractivity (Wildman–Crippen MR) is 62.8 cm³/mol. The zero-order valence-electron chi connectivity index (χ0n) is 10.0. The van der Waals surface area contributed by atoms with E-state index in [1.54, 1.807) is 18.2 Å². The monoisotopic (exact) mass is 222 g/mol. The Kier molecular flexibility index (Phi) is 4.83. The van der Waals surface area contributed by atoms with Gasteiger partial charge in [-0.05, 0) is 31.5 Å². The van der Waals surface area contributed by atoms with Gasteiger partial charge in [-0.3, -0.25) is 0 Å². The molecular weight excluding hydrogens is 204 g/mol. The third-order valence-electron chi connectivity index (χ3n) is 2.29. The van der Waals surface area contributed by atoms with Crippen molar-refractivity contribution >= 4 is 5.97 Å². The van der Waals surface area contributed by atoms with Gasteiger partial charge in [0, 0.05) is 0 Å². The van der Waals surface area contributed by atoms with E-state index in [2.05, 4.69) is 11.7 Å². The highest BCUT2D eigenvalue weighted by Gasteiger charge is 2.08. The summed E-state index contributed by atoms with van der Waals surface area (Å²) in [6.45, 7) is 4.14. The molecule has 0 heterocycles. The first-order valence-corrected chi connectivity index (χ1v) is 5.52. The molecule has 0 amide bonds. The molecule has 0 aliphatic rings. The van der Waals surface area contributed by atoms with Crippen molar-refractivity contribution in [2.45, 2.75) is 32.8 Å². The summed E-state index contributed by atoms with van der Waals surface area (Å²) >= 11 is 0. The Morgan fingerprint density at radius 3 is 2.81 bits per heavy atom. The molecule has 0 aliphatic carbocycles. The maximum atomic E-state index is 11.3. The van der Waals surface area contributed by atoms with Gasteiger partial charge >= 0.3 is 5.97 Å². The maximum absolute atomic E-state index is 11.3. The van der Waals surface area contributed by atoms with Gasteiger partial charge in [0.2, 0.25) is 0 Å². The quantitative estimate of drug-likeness (QED) is 0.718. The van der Waals surface area contributed by atoms with E-state index in [4.69, 9.17) is 4.74 Å². The van der Waals surface area contributed by atoms with E-state index < -0.39 is 0 Å². The second-order valence-corrected chi connectivity index (χ2v) is 3.74. The molecule has 3 heteroatoms. The van der Waals surface area contributed by atoms with E-state index in [0.717, 1.165) is 12.8 Å². The van der Waals surface area contributed by atoms with Crippen LogP contribution in [0.25, 0.3) is 0 Å². The lowest BCUT2D eigenvalue weighted by atomic mass is 10.2. The number of rotatable bonds is 5. The predicted octanol–water partition coefficient (Wildman–Crippen LogP) is 3.04. The van der Waals surface area contributed by atoms with Crippen molar-refractivity contribution in [1.29, 1.82) is 0 Å². The first-order chi connectivity index (χ1) is 7.67. The van der Waals surface area contributed by atoms with Crippen molar-refractivity contribution in [1.82, 2.24) is 0 Å². The molecule has 1 aromatic rings. The van der Waals surface area contributed by atoms with Gasteiger partial charge in [-0.2, -0.15) is 0 Å². The normalized spacial score (nSPS) is 11.9. The number of hydrogen-bond donors (Lipinski definition) is 0. The second-order valence-electron chi connectivity index (χ2n) is 3.74. The number of ether oxygens (including phenoxy) is 2. The van der Waals surface area contributed by atoms with E-state index >= 15 is 0 Å². The smallest absolute Gasteiger partial charge is 0.337 e. The van der Waals surface area contributed by atoms with E-state index in [1.807, 2.05) is 13.0 Å². The Bertz CT molecular complexity index is 347. The standard InChI is InChI=1S/C13H18O3/c1-4-6-10(2)16-12-8-5-7-11(9-12)13(14)15-3/h5,7-10H,4,6H2,1-3H3. The molecular formula is C13H18O3. The number of esters is 1. The Labute approximate surface area is 96.4 Å². The molecule has 16 heavy (non-hydrogen) atoms. The van der Waals surface area contributed by atoms with Gasteiger partial charge in [0.15, 0.2) is 0 Å². The average molecular weight is 222 g/mol. The van der Waals surface area contributed by atoms with E-state index in [1.165, 1.54) is 7.11 Å². The van der Waals surface area contributed by atoms with Crippen molar-refractivity contribution in [3.8, 4) is 5.75 Å². The van der Waals surface area contributed by atoms with Crippen LogP contribution in [0.3, 0.4) is 0 Å². The molecule has 0 saturated carbocycles. The lowest BCUT2D eigenvalue weighted by molar-refractivity contribution is 0.0600. The Morgan fingerprint density at radius 1 is 1.44 bits per heavy atom. The van der Waals surface area contributed by atoms with Gasteiger partial charge in [-0.15, -0.1) is 0 Å². The zero-order chi connectivity index (χ0) is 12.0. The molecule has 0 saturated heterocycles. The summed E-state index contributed by atoms with van der Waals surface area (Å²) < 4.78 is 10.3. The van der Waals surface area contributed by atoms with Crippen molar-refractivity contribution in [2.24, 2.45) is 0 Å². The van der Waals surface area contributed by atoms with Crippen LogP contribution in [0.4, 0.5) is 0 Å². The minimum Gasteiger partial charge on any atom is -0.491 e. The lowest BCUT2D eigenvalue weighted by Gasteiger charge is -2.14. The van der Waals surface area contributed by atoms with Gasteiger partial charge in [0.25, 0.3) is 0 Å². The summed E-state index contributed by atoms with van der Waals surface area (Å²) in [4.78, 5) is 11.3. The van der Waals surface area contributed by atoms with Crippen molar-refractivity contribution < 1.29 is 14.3 Å². The van der Waals surface area contributed by atoms with Gasteiger partial charge in [0.05, 0.1) is 18.8 Å². The fourth-order valence-electron chi connectivity index (χ4n) is 1.51. The zero-order valence-corrected chi connectivity index (χ0v) is 10.0. The molecule has 0 aliphatic heterocycles. The van der Waals surface area contributed by atoms with Gasteiger partial charge in [0.1, 0.15) is 5.75 Å². The Morgan fingerprint density at radius 2 is 2.19 bits per heavy atom. The summed E-state index contributed by atoms with van der Waals surface area (Å²) in [5.74, 6) is 0.373. The number of carbonyl (C=O) groups excluding carboxylic acids is 1. The summed E-state index contributed by atoms with van der Waals surface area (Å²) in [5, 5.41) is 0. The summed E-state index contributed by atoms with van der Waals surface area (Å²) in [6.07, 6.45) is 2.25. The SMILES string of the molecule is CCCC(C)Oc1cccc(C(=O)OC)c1. The van der Waals surface area contributed by atoms with Crippen LogP contribution in [0, 0.1) is 0 Å². The van der Waals surface area contributed by atoms with Crippen molar-refractivity contribution in [2.75, 3.05) is 7.11 Å². The molecule has 0 fully saturated rings. The topological polar surface area (TPSA) is 35.5 Å². The molecule has 0 bridgehead atoms. The minimum absolute atomic E-state index is 0.165. The van der Waals surface area contributed by atoms with Crippen molar-refractivity contribution in [3.63, 3.8) is 0 Å². The number of benzene rings is 1. The highest BCUT2D eigenvalue weighted by molar-refractivity contribution is 5.89. The fourth-order valence-corrected chi connectivity index (χ4v) is 1.51. The molecule has 1 rings (SSSR count). The molecule has 1 unspecified atom stereocenters. The molecule has 1 aromatic carbocycles. The third kappa shape index (κ3) is 3.57. The molecule has 3 nitrogen and oxygen atoms in total. The second kappa shape index (κ2) is 6.16. The van der Waals surface area contributed by atoms with Gasteiger partial charge in [-0.25, -0.2) is 4.79 Å². The third-order valence-corrected chi connectivity index (χ3v) is 2.29. The summed E-state index contributed by atoms with van der Waals surface area (Å²) in [7, 11) is 1.37. The van der Waals surface area contributed by atoms with Crippen LogP contribution in [0.5, 0.6) is 5.75 Å².